The number of carbonyl (C=O) groups excluding carboxylic acids is 1. The third-order valence-electron chi connectivity index (χ3n) is 7.33. The van der Waals surface area contributed by atoms with Crippen LogP contribution in [0, 0.1) is 5.82 Å². The maximum Gasteiger partial charge on any atom is 0.317 e. The number of carbonyl (C=O) groups is 1. The van der Waals surface area contributed by atoms with Crippen LogP contribution in [0.1, 0.15) is 12.1 Å². The Morgan fingerprint density at radius 1 is 1.13 bits per heavy atom. The molecule has 0 aliphatic carbocycles. The van der Waals surface area contributed by atoms with Crippen LogP contribution in [-0.2, 0) is 10.0 Å². The Kier molecular flexibility index (Phi) is 7.87. The number of nitrogens with one attached hydrogen (secondary N) is 2. The van der Waals surface area contributed by atoms with Gasteiger partial charge < -0.3 is 19.9 Å². The number of methoxy groups -OCH3 is 1. The van der Waals surface area contributed by atoms with E-state index in [0.717, 1.165) is 22.2 Å². The molecule has 12 heteroatoms. The van der Waals surface area contributed by atoms with Gasteiger partial charge in [-0.25, -0.2) is 22.6 Å². The van der Waals surface area contributed by atoms with Gasteiger partial charge in [0.2, 0.25) is 10.0 Å². The lowest BCUT2D eigenvalue weighted by molar-refractivity contribution is 0.181. The molecule has 2 aliphatic rings. The summed E-state index contributed by atoms with van der Waals surface area (Å²) >= 11 is 0. The lowest BCUT2D eigenvalue weighted by Gasteiger charge is -2.33. The molecule has 10 nitrogen and oxygen atoms in total. The van der Waals surface area contributed by atoms with E-state index in [1.54, 1.807) is 24.3 Å². The van der Waals surface area contributed by atoms with Crippen molar-refractivity contribution in [3.63, 3.8) is 0 Å². The highest BCUT2D eigenvalue weighted by atomic mass is 32.2. The van der Waals surface area contributed by atoms with Gasteiger partial charge >= 0.3 is 6.03 Å². The number of rotatable bonds is 7. The zero-order chi connectivity index (χ0) is 27.6. The second-order valence-electron chi connectivity index (χ2n) is 9.81. The van der Waals surface area contributed by atoms with Gasteiger partial charge in [0.25, 0.3) is 0 Å². The Balaban J connectivity index is 1.19. The number of amides is 2. The molecule has 0 spiro atoms. The number of nitrogens with zero attached hydrogens (tertiary/aromatic N) is 4. The van der Waals surface area contributed by atoms with E-state index in [9.17, 15) is 17.6 Å². The summed E-state index contributed by atoms with van der Waals surface area (Å²) in [6, 6.07) is 8.22. The van der Waals surface area contributed by atoms with Crippen LogP contribution in [0.25, 0.3) is 27.7 Å². The third-order valence-corrected chi connectivity index (χ3v) is 8.63. The van der Waals surface area contributed by atoms with Crippen molar-refractivity contribution in [2.45, 2.75) is 6.42 Å². The smallest absolute Gasteiger partial charge is 0.317 e. The quantitative estimate of drug-likeness (QED) is 0.463. The van der Waals surface area contributed by atoms with Crippen molar-refractivity contribution in [2.24, 2.45) is 0 Å². The molecule has 0 bridgehead atoms. The number of benzene rings is 1. The van der Waals surface area contributed by atoms with Crippen molar-refractivity contribution in [2.75, 3.05) is 65.7 Å². The van der Waals surface area contributed by atoms with E-state index in [0.29, 0.717) is 75.7 Å². The second kappa shape index (κ2) is 11.3. The molecule has 5 rings (SSSR count). The summed E-state index contributed by atoms with van der Waals surface area (Å²) in [6.45, 7) is 4.53. The summed E-state index contributed by atoms with van der Waals surface area (Å²) in [7, 11) is -1.59. The van der Waals surface area contributed by atoms with Crippen molar-refractivity contribution in [3.05, 3.63) is 54.1 Å². The number of hydrogen-bond acceptors (Lipinski definition) is 6. The number of fused-ring (bicyclic) bond motifs is 1. The van der Waals surface area contributed by atoms with Crippen LogP contribution in [0.2, 0.25) is 0 Å². The SMILES string of the molecule is COc1ccc(F)cc1-c1ccnc2[nH]c(C3=CCN(C(=O)NCCN4CCN(S(C)(=O)=O)CC4)CC3)cc12. The number of halogens is 1. The average molecular weight is 557 g/mol. The molecule has 2 aliphatic heterocycles. The number of pyridine rings is 1. The van der Waals surface area contributed by atoms with Crippen LogP contribution in [0.4, 0.5) is 9.18 Å². The van der Waals surface area contributed by atoms with Gasteiger partial charge in [0.1, 0.15) is 17.2 Å². The minimum atomic E-state index is -3.15. The summed E-state index contributed by atoms with van der Waals surface area (Å²) in [5.74, 6) is 0.246. The van der Waals surface area contributed by atoms with E-state index in [-0.39, 0.29) is 11.8 Å². The lowest BCUT2D eigenvalue weighted by Crippen LogP contribution is -2.50. The molecule has 1 fully saturated rings. The first-order valence-electron chi connectivity index (χ1n) is 12.9. The van der Waals surface area contributed by atoms with Gasteiger partial charge in [-0.15, -0.1) is 0 Å². The van der Waals surface area contributed by atoms with Crippen molar-refractivity contribution < 1.29 is 22.3 Å². The van der Waals surface area contributed by atoms with Crippen molar-refractivity contribution >= 4 is 32.7 Å². The maximum absolute atomic E-state index is 14.0. The van der Waals surface area contributed by atoms with Crippen LogP contribution >= 0.6 is 0 Å². The first-order chi connectivity index (χ1) is 18.7. The molecule has 2 aromatic heterocycles. The van der Waals surface area contributed by atoms with Gasteiger partial charge in [-0.2, -0.15) is 4.31 Å². The normalized spacial score (nSPS) is 17.3. The number of piperazine rings is 1. The van der Waals surface area contributed by atoms with Crippen LogP contribution in [-0.4, -0.2) is 104 Å². The fourth-order valence-electron chi connectivity index (χ4n) is 5.14. The standard InChI is InChI=1S/C27H33FN6O4S/c1-38-25-4-3-20(28)17-22(25)21-5-8-29-26-23(21)18-24(31-26)19-6-10-33(11-7-19)27(35)30-9-12-32-13-15-34(16-14-32)39(2,36)37/h3-6,8,17-18H,7,9-16H2,1-2H3,(H,29,31)(H,30,35). The lowest BCUT2D eigenvalue weighted by atomic mass is 10.0. The molecular weight excluding hydrogens is 523 g/mol. The van der Waals surface area contributed by atoms with Gasteiger partial charge in [0.05, 0.1) is 13.4 Å². The summed E-state index contributed by atoms with van der Waals surface area (Å²) in [5.41, 5.74) is 4.21. The van der Waals surface area contributed by atoms with Gasteiger partial charge in [0.15, 0.2) is 0 Å². The van der Waals surface area contributed by atoms with E-state index in [4.69, 9.17) is 4.74 Å². The summed E-state index contributed by atoms with van der Waals surface area (Å²) in [6.07, 6.45) is 5.65. The molecule has 0 atom stereocenters. The number of aromatic amines is 1. The number of H-pyrrole nitrogens is 1. The molecule has 2 amide bonds. The molecule has 2 N–H and O–H groups in total. The van der Waals surface area contributed by atoms with E-state index < -0.39 is 10.0 Å². The number of hydrogen-bond donors (Lipinski definition) is 2. The molecule has 0 radical (unpaired) electrons. The van der Waals surface area contributed by atoms with E-state index in [1.165, 1.54) is 22.7 Å². The van der Waals surface area contributed by atoms with Gasteiger partial charge in [-0.05, 0) is 47.9 Å². The fraction of sp³-hybridized carbons (Fsp3) is 0.407. The highest BCUT2D eigenvalue weighted by Gasteiger charge is 2.24. The van der Waals surface area contributed by atoms with Crippen molar-refractivity contribution in [3.8, 4) is 16.9 Å². The predicted octanol–water partition coefficient (Wildman–Crippen LogP) is 2.75. The van der Waals surface area contributed by atoms with Crippen LogP contribution in [0.5, 0.6) is 5.75 Å². The van der Waals surface area contributed by atoms with Gasteiger partial charge in [0, 0.05) is 75.2 Å². The Labute approximate surface area is 227 Å². The van der Waals surface area contributed by atoms with Crippen molar-refractivity contribution in [1.29, 1.82) is 0 Å². The summed E-state index contributed by atoms with van der Waals surface area (Å²) in [4.78, 5) is 24.5. The van der Waals surface area contributed by atoms with Crippen molar-refractivity contribution in [1.82, 2.24) is 29.4 Å². The Bertz CT molecular complexity index is 1500. The molecule has 1 aromatic carbocycles. The Morgan fingerprint density at radius 3 is 2.62 bits per heavy atom. The fourth-order valence-corrected chi connectivity index (χ4v) is 5.97. The van der Waals surface area contributed by atoms with Crippen LogP contribution < -0.4 is 10.1 Å². The summed E-state index contributed by atoms with van der Waals surface area (Å²) < 4.78 is 44.3. The largest absolute Gasteiger partial charge is 0.496 e. The predicted molar refractivity (Wildman–Crippen MR) is 148 cm³/mol. The number of aromatic nitrogens is 2. The van der Waals surface area contributed by atoms with E-state index >= 15 is 0 Å². The Morgan fingerprint density at radius 2 is 1.92 bits per heavy atom. The Hall–Kier alpha value is -3.48. The number of ether oxygens (including phenoxy) is 1. The zero-order valence-electron chi connectivity index (χ0n) is 22.1. The summed E-state index contributed by atoms with van der Waals surface area (Å²) in [5, 5.41) is 3.85. The van der Waals surface area contributed by atoms with Crippen LogP contribution in [0.15, 0.2) is 42.6 Å². The molecule has 1 saturated heterocycles. The highest BCUT2D eigenvalue weighted by molar-refractivity contribution is 7.88. The van der Waals surface area contributed by atoms with Gasteiger partial charge in [-0.3, -0.25) is 4.90 Å². The topological polar surface area (TPSA) is 111 Å². The van der Waals surface area contributed by atoms with Crippen LogP contribution in [0.3, 0.4) is 0 Å². The highest BCUT2D eigenvalue weighted by Crippen LogP contribution is 2.36. The molecule has 39 heavy (non-hydrogen) atoms. The second-order valence-corrected chi connectivity index (χ2v) is 11.8. The molecule has 4 heterocycles. The maximum atomic E-state index is 14.0. The van der Waals surface area contributed by atoms with E-state index in [2.05, 4.69) is 20.2 Å². The molecule has 0 saturated carbocycles. The first kappa shape index (κ1) is 27.1. The minimum Gasteiger partial charge on any atom is -0.496 e. The van der Waals surface area contributed by atoms with E-state index in [1.807, 2.05) is 18.2 Å². The monoisotopic (exact) mass is 556 g/mol. The average Bonchev–Trinajstić information content (AvgIpc) is 3.37. The molecular formula is C27H33FN6O4S. The molecule has 3 aromatic rings. The molecule has 0 unspecified atom stereocenters. The number of urea groups is 1. The third kappa shape index (κ3) is 6.07. The minimum absolute atomic E-state index is 0.112. The molecule has 208 valence electrons. The zero-order valence-corrected chi connectivity index (χ0v) is 22.9. The van der Waals surface area contributed by atoms with Gasteiger partial charge in [-0.1, -0.05) is 6.08 Å². The number of sulfonamides is 1. The first-order valence-corrected chi connectivity index (χ1v) is 14.8.